The lowest BCUT2D eigenvalue weighted by atomic mass is 9.97. The van der Waals surface area contributed by atoms with Crippen molar-refractivity contribution in [2.24, 2.45) is 11.8 Å². The third-order valence-corrected chi connectivity index (χ3v) is 6.67. The molecule has 3 rings (SSSR count). The van der Waals surface area contributed by atoms with E-state index in [-0.39, 0.29) is 31.2 Å². The number of anilines is 1. The number of rotatable bonds is 9. The highest BCUT2D eigenvalue weighted by atomic mass is 16.6. The number of benzene rings is 1. The quantitative estimate of drug-likeness (QED) is 0.358. The average Bonchev–Trinajstić information content (AvgIpc) is 3.26. The summed E-state index contributed by atoms with van der Waals surface area (Å²) in [5.41, 5.74) is 0.520. The van der Waals surface area contributed by atoms with Gasteiger partial charge >= 0.3 is 18.2 Å². The predicted molar refractivity (Wildman–Crippen MR) is 146 cm³/mol. The molecule has 4 amide bonds. The fourth-order valence-corrected chi connectivity index (χ4v) is 4.81. The molecule has 1 saturated heterocycles. The van der Waals surface area contributed by atoms with Crippen LogP contribution in [0.3, 0.4) is 0 Å². The third kappa shape index (κ3) is 8.33. The first kappa shape index (κ1) is 30.7. The predicted octanol–water partition coefficient (Wildman–Crippen LogP) is 3.11. The van der Waals surface area contributed by atoms with Crippen LogP contribution in [0.2, 0.25) is 0 Å². The van der Waals surface area contributed by atoms with Crippen molar-refractivity contribution in [1.82, 2.24) is 16.0 Å². The Hall–Kier alpha value is -3.83. The Morgan fingerprint density at radius 3 is 2.40 bits per heavy atom. The maximum atomic E-state index is 13.1. The van der Waals surface area contributed by atoms with Crippen molar-refractivity contribution in [3.63, 3.8) is 0 Å². The molecule has 12 heteroatoms. The van der Waals surface area contributed by atoms with Crippen molar-refractivity contribution in [2.75, 3.05) is 18.0 Å². The third-order valence-electron chi connectivity index (χ3n) is 6.67. The second kappa shape index (κ2) is 13.0. The standard InChI is InChI=1S/C28H40N4O8/c1-16(2)14-19(24(34)30-20(25(35)36)15-17-10-12-29-23(17)33)31-26(37)39-22-11-13-32(27(38)40-28(3,4)5)21-9-7-6-8-18(21)22/h6-9,16-17,19-20,22H,10-15H2,1-5H3,(H,29,33)(H,30,34)(H,31,37)(H,35,36)/t17-,19?,20?,22?/m0/s1. The van der Waals surface area contributed by atoms with Crippen molar-refractivity contribution in [3.05, 3.63) is 29.8 Å². The molecule has 220 valence electrons. The molecule has 40 heavy (non-hydrogen) atoms. The molecule has 0 aromatic heterocycles. The zero-order valence-corrected chi connectivity index (χ0v) is 23.7. The van der Waals surface area contributed by atoms with E-state index in [9.17, 15) is 29.1 Å². The molecule has 0 aliphatic carbocycles. The Labute approximate surface area is 234 Å². The molecule has 12 nitrogen and oxygen atoms in total. The molecule has 1 fully saturated rings. The van der Waals surface area contributed by atoms with Crippen LogP contribution >= 0.6 is 0 Å². The van der Waals surface area contributed by atoms with Crippen molar-refractivity contribution in [3.8, 4) is 0 Å². The molecule has 0 spiro atoms. The summed E-state index contributed by atoms with van der Waals surface area (Å²) < 4.78 is 11.2. The van der Waals surface area contributed by atoms with Gasteiger partial charge in [0, 0.05) is 31.0 Å². The van der Waals surface area contributed by atoms with Gasteiger partial charge in [-0.2, -0.15) is 0 Å². The monoisotopic (exact) mass is 560 g/mol. The summed E-state index contributed by atoms with van der Waals surface area (Å²) in [6.07, 6.45) is -1.01. The van der Waals surface area contributed by atoms with Gasteiger partial charge in [0.2, 0.25) is 11.8 Å². The number of carboxylic acid groups (broad SMARTS) is 1. The number of nitrogens with zero attached hydrogens (tertiary/aromatic N) is 1. The highest BCUT2D eigenvalue weighted by molar-refractivity contribution is 5.91. The van der Waals surface area contributed by atoms with Gasteiger partial charge in [0.15, 0.2) is 0 Å². The van der Waals surface area contributed by atoms with Crippen molar-refractivity contribution < 1.29 is 38.6 Å². The molecule has 0 saturated carbocycles. The molecule has 4 atom stereocenters. The summed E-state index contributed by atoms with van der Waals surface area (Å²) >= 11 is 0. The fraction of sp³-hybridized carbons (Fsp3) is 0.607. The van der Waals surface area contributed by atoms with Crippen molar-refractivity contribution >= 4 is 35.7 Å². The van der Waals surface area contributed by atoms with Gasteiger partial charge in [-0.25, -0.2) is 14.4 Å². The van der Waals surface area contributed by atoms with Gasteiger partial charge in [-0.05, 0) is 52.0 Å². The molecular formula is C28H40N4O8. The Balaban J connectivity index is 1.68. The molecule has 2 heterocycles. The summed E-state index contributed by atoms with van der Waals surface area (Å²) in [5.74, 6) is -2.67. The van der Waals surface area contributed by atoms with Gasteiger partial charge in [0.05, 0.1) is 5.69 Å². The second-order valence-corrected chi connectivity index (χ2v) is 11.6. The van der Waals surface area contributed by atoms with Gasteiger partial charge in [-0.3, -0.25) is 14.5 Å². The molecule has 1 aromatic carbocycles. The fourth-order valence-electron chi connectivity index (χ4n) is 4.81. The minimum absolute atomic E-state index is 0.00210. The van der Waals surface area contributed by atoms with Crippen LogP contribution in [-0.2, 0) is 23.9 Å². The number of fused-ring (bicyclic) bond motifs is 1. The van der Waals surface area contributed by atoms with E-state index in [1.807, 2.05) is 13.8 Å². The number of carbonyl (C=O) groups excluding carboxylic acids is 4. The molecule has 1 aromatic rings. The number of alkyl carbamates (subject to hydrolysis) is 1. The second-order valence-electron chi connectivity index (χ2n) is 11.6. The van der Waals surface area contributed by atoms with Crippen LogP contribution in [0, 0.1) is 11.8 Å². The Morgan fingerprint density at radius 2 is 1.80 bits per heavy atom. The number of hydrogen-bond donors (Lipinski definition) is 4. The van der Waals surface area contributed by atoms with Crippen LogP contribution in [0.4, 0.5) is 15.3 Å². The number of carboxylic acids is 1. The van der Waals surface area contributed by atoms with E-state index >= 15 is 0 Å². The normalized spacial score (nSPS) is 20.1. The average molecular weight is 561 g/mol. The smallest absolute Gasteiger partial charge is 0.414 e. The Kier molecular flexibility index (Phi) is 9.99. The lowest BCUT2D eigenvalue weighted by Crippen LogP contribution is -2.53. The van der Waals surface area contributed by atoms with Gasteiger partial charge in [-0.15, -0.1) is 0 Å². The first-order valence-corrected chi connectivity index (χ1v) is 13.6. The topological polar surface area (TPSA) is 163 Å². The van der Waals surface area contributed by atoms with E-state index in [4.69, 9.17) is 9.47 Å². The van der Waals surface area contributed by atoms with Crippen LogP contribution in [0.15, 0.2) is 24.3 Å². The number of para-hydroxylation sites is 1. The van der Waals surface area contributed by atoms with Gasteiger partial charge in [0.25, 0.3) is 0 Å². The van der Waals surface area contributed by atoms with E-state index in [2.05, 4.69) is 16.0 Å². The summed E-state index contributed by atoms with van der Waals surface area (Å²) in [4.78, 5) is 64.1. The minimum atomic E-state index is -1.28. The molecule has 3 unspecified atom stereocenters. The first-order chi connectivity index (χ1) is 18.7. The van der Waals surface area contributed by atoms with E-state index in [1.165, 1.54) is 4.90 Å². The molecular weight excluding hydrogens is 520 g/mol. The van der Waals surface area contributed by atoms with Crippen LogP contribution in [0.1, 0.15) is 72.0 Å². The summed E-state index contributed by atoms with van der Waals surface area (Å²) in [7, 11) is 0. The first-order valence-electron chi connectivity index (χ1n) is 13.6. The lowest BCUT2D eigenvalue weighted by molar-refractivity contribution is -0.143. The SMILES string of the molecule is CC(C)CC(NC(=O)OC1CCN(C(=O)OC(C)(C)C)c2ccccc21)C(=O)NC(C[C@@H]1CCNC1=O)C(=O)O. The zero-order valence-electron chi connectivity index (χ0n) is 23.7. The maximum Gasteiger partial charge on any atom is 0.414 e. The maximum absolute atomic E-state index is 13.1. The van der Waals surface area contributed by atoms with Gasteiger partial charge in [-0.1, -0.05) is 32.0 Å². The number of nitrogens with one attached hydrogen (secondary N) is 3. The Morgan fingerprint density at radius 1 is 1.10 bits per heavy atom. The molecule has 2 aliphatic rings. The lowest BCUT2D eigenvalue weighted by Gasteiger charge is -2.35. The van der Waals surface area contributed by atoms with Gasteiger partial charge in [0.1, 0.15) is 23.8 Å². The highest BCUT2D eigenvalue weighted by Gasteiger charge is 2.35. The summed E-state index contributed by atoms with van der Waals surface area (Å²) in [6.45, 7) is 9.81. The Bertz CT molecular complexity index is 1120. The number of ether oxygens (including phenoxy) is 2. The number of hydrogen-bond acceptors (Lipinski definition) is 7. The molecule has 4 N–H and O–H groups in total. The van der Waals surface area contributed by atoms with Crippen LogP contribution < -0.4 is 20.9 Å². The zero-order chi connectivity index (χ0) is 29.6. The largest absolute Gasteiger partial charge is 0.480 e. The summed E-state index contributed by atoms with van der Waals surface area (Å²) in [5, 5.41) is 17.4. The van der Waals surface area contributed by atoms with Crippen LogP contribution in [0.25, 0.3) is 0 Å². The van der Waals surface area contributed by atoms with Crippen molar-refractivity contribution in [2.45, 2.75) is 84.1 Å². The van der Waals surface area contributed by atoms with E-state index in [0.29, 0.717) is 30.6 Å². The van der Waals surface area contributed by atoms with Crippen LogP contribution in [0.5, 0.6) is 0 Å². The molecule has 2 aliphatic heterocycles. The summed E-state index contributed by atoms with van der Waals surface area (Å²) in [6, 6.07) is 4.73. The number of amides is 4. The highest BCUT2D eigenvalue weighted by Crippen LogP contribution is 2.36. The molecule has 0 radical (unpaired) electrons. The van der Waals surface area contributed by atoms with Crippen molar-refractivity contribution in [1.29, 1.82) is 0 Å². The number of aliphatic carboxylic acids is 1. The molecule has 0 bridgehead atoms. The number of carbonyl (C=O) groups is 5. The van der Waals surface area contributed by atoms with E-state index in [1.54, 1.807) is 45.0 Å². The van der Waals surface area contributed by atoms with Gasteiger partial charge < -0.3 is 30.5 Å². The van der Waals surface area contributed by atoms with Crippen LogP contribution in [-0.4, -0.2) is 65.9 Å². The van der Waals surface area contributed by atoms with E-state index < -0.39 is 53.8 Å². The van der Waals surface area contributed by atoms with E-state index in [0.717, 1.165) is 0 Å². The minimum Gasteiger partial charge on any atom is -0.480 e.